The Hall–Kier alpha value is -2.22. The summed E-state index contributed by atoms with van der Waals surface area (Å²) >= 11 is 0. The number of nitrogens with zero attached hydrogens (tertiary/aromatic N) is 3. The number of para-hydroxylation sites is 2. The van der Waals surface area contributed by atoms with Gasteiger partial charge in [0.2, 0.25) is 0 Å². The number of benzene rings is 1. The van der Waals surface area contributed by atoms with Crippen molar-refractivity contribution in [3.63, 3.8) is 0 Å². The number of carbonyl (C=O) groups is 1. The third-order valence-corrected chi connectivity index (χ3v) is 7.29. The maximum Gasteiger partial charge on any atom is 0.322 e. The van der Waals surface area contributed by atoms with Crippen LogP contribution in [-0.4, -0.2) is 32.2 Å². The Balaban J connectivity index is 1.36. The minimum atomic E-state index is -0.0990. The number of nitrogens with one attached hydrogen (secondary N) is 1. The van der Waals surface area contributed by atoms with Crippen molar-refractivity contribution in [3.05, 3.63) is 24.3 Å². The monoisotopic (exact) mass is 350 g/mol. The summed E-state index contributed by atoms with van der Waals surface area (Å²) in [5, 5.41) is 13.1. The summed E-state index contributed by atoms with van der Waals surface area (Å²) in [5.41, 5.74) is 2.01. The van der Waals surface area contributed by atoms with E-state index in [0.29, 0.717) is 24.3 Å². The predicted molar refractivity (Wildman–Crippen MR) is 101 cm³/mol. The predicted octanol–water partition coefficient (Wildman–Crippen LogP) is 3.37. The molecule has 2 amide bonds. The highest BCUT2D eigenvalue weighted by molar-refractivity contribution is 5.97. The van der Waals surface area contributed by atoms with Crippen molar-refractivity contribution in [1.29, 1.82) is 5.26 Å². The second-order valence-electron chi connectivity index (χ2n) is 8.90. The fraction of sp³-hybridized carbons (Fsp3) is 0.619. The van der Waals surface area contributed by atoms with E-state index in [9.17, 15) is 10.1 Å². The lowest BCUT2D eigenvalue weighted by Crippen LogP contribution is -2.61. The van der Waals surface area contributed by atoms with E-state index in [-0.39, 0.29) is 17.5 Å². The molecule has 0 aromatic heterocycles. The minimum absolute atomic E-state index is 0.0361. The number of anilines is 2. The van der Waals surface area contributed by atoms with Gasteiger partial charge in [-0.1, -0.05) is 12.1 Å². The van der Waals surface area contributed by atoms with Gasteiger partial charge >= 0.3 is 6.03 Å². The molecule has 5 aliphatic rings. The van der Waals surface area contributed by atoms with Gasteiger partial charge in [0.25, 0.3) is 0 Å². The van der Waals surface area contributed by atoms with E-state index >= 15 is 0 Å². The molecule has 1 aliphatic heterocycles. The average molecular weight is 350 g/mol. The molecule has 5 nitrogen and oxygen atoms in total. The van der Waals surface area contributed by atoms with Crippen LogP contribution in [0, 0.1) is 34.5 Å². The summed E-state index contributed by atoms with van der Waals surface area (Å²) < 4.78 is 0. The minimum Gasteiger partial charge on any atom is -0.371 e. The molecule has 26 heavy (non-hydrogen) atoms. The van der Waals surface area contributed by atoms with Crippen LogP contribution < -0.4 is 15.1 Å². The lowest BCUT2D eigenvalue weighted by atomic mass is 9.48. The smallest absolute Gasteiger partial charge is 0.322 e. The number of urea groups is 1. The first-order chi connectivity index (χ1) is 12.6. The van der Waals surface area contributed by atoms with Crippen LogP contribution in [-0.2, 0) is 0 Å². The van der Waals surface area contributed by atoms with Crippen LogP contribution in [0.4, 0.5) is 16.2 Å². The maximum absolute atomic E-state index is 13.1. The first-order valence-corrected chi connectivity index (χ1v) is 9.88. The fourth-order valence-electron chi connectivity index (χ4n) is 6.33. The second-order valence-corrected chi connectivity index (χ2v) is 8.90. The number of rotatable bonds is 1. The Morgan fingerprint density at radius 2 is 1.85 bits per heavy atom. The highest BCUT2D eigenvalue weighted by Crippen LogP contribution is 2.59. The summed E-state index contributed by atoms with van der Waals surface area (Å²) in [6, 6.07) is 11.0. The van der Waals surface area contributed by atoms with Gasteiger partial charge < -0.3 is 10.2 Å². The number of hydrogen-bond acceptors (Lipinski definition) is 3. The molecule has 4 saturated carbocycles. The number of hydrogen-bond donors (Lipinski definition) is 1. The van der Waals surface area contributed by atoms with E-state index in [1.807, 2.05) is 23.1 Å². The van der Waals surface area contributed by atoms with Gasteiger partial charge in [-0.25, -0.2) is 4.79 Å². The molecule has 4 aliphatic carbocycles. The molecule has 1 aromatic carbocycles. The van der Waals surface area contributed by atoms with E-state index in [0.717, 1.165) is 37.2 Å². The Labute approximate surface area is 155 Å². The van der Waals surface area contributed by atoms with Crippen LogP contribution in [0.25, 0.3) is 0 Å². The average Bonchev–Trinajstić information content (AvgIpc) is 2.64. The molecular weight excluding hydrogens is 324 g/mol. The topological polar surface area (TPSA) is 59.4 Å². The van der Waals surface area contributed by atoms with Gasteiger partial charge in [-0.2, -0.15) is 5.26 Å². The van der Waals surface area contributed by atoms with Crippen molar-refractivity contribution < 1.29 is 4.79 Å². The van der Waals surface area contributed by atoms with Gasteiger partial charge in [-0.3, -0.25) is 4.90 Å². The molecule has 1 aromatic rings. The molecule has 0 radical (unpaired) electrons. The molecule has 5 heteroatoms. The zero-order valence-electron chi connectivity index (χ0n) is 15.3. The van der Waals surface area contributed by atoms with Crippen LogP contribution in [0.2, 0.25) is 0 Å². The summed E-state index contributed by atoms with van der Waals surface area (Å²) in [5.74, 6) is 1.66. The van der Waals surface area contributed by atoms with Gasteiger partial charge in [0.1, 0.15) is 0 Å². The Morgan fingerprint density at radius 1 is 1.15 bits per heavy atom. The Bertz CT molecular complexity index is 768. The van der Waals surface area contributed by atoms with Crippen LogP contribution >= 0.6 is 0 Å². The van der Waals surface area contributed by atoms with Crippen molar-refractivity contribution in [2.24, 2.45) is 23.2 Å². The Kier molecular flexibility index (Phi) is 3.47. The lowest BCUT2D eigenvalue weighted by molar-refractivity contribution is -0.0435. The molecule has 1 N–H and O–H groups in total. The second kappa shape index (κ2) is 5.64. The summed E-state index contributed by atoms with van der Waals surface area (Å²) in [6.07, 6.45) is 5.40. The van der Waals surface area contributed by atoms with Crippen LogP contribution in [0.15, 0.2) is 24.3 Å². The largest absolute Gasteiger partial charge is 0.371 e. The lowest BCUT2D eigenvalue weighted by Gasteiger charge is -2.57. The van der Waals surface area contributed by atoms with E-state index < -0.39 is 0 Å². The van der Waals surface area contributed by atoms with Gasteiger partial charge in [-0.05, 0) is 62.0 Å². The van der Waals surface area contributed by atoms with Crippen molar-refractivity contribution >= 4 is 17.4 Å². The summed E-state index contributed by atoms with van der Waals surface area (Å²) in [7, 11) is 2.08. The number of fused-ring (bicyclic) bond motifs is 1. The van der Waals surface area contributed by atoms with E-state index in [1.165, 1.54) is 12.8 Å². The van der Waals surface area contributed by atoms with E-state index in [4.69, 9.17) is 0 Å². The van der Waals surface area contributed by atoms with Crippen LogP contribution in [0.3, 0.4) is 0 Å². The normalized spacial score (nSPS) is 37.2. The third-order valence-electron chi connectivity index (χ3n) is 7.29. The van der Waals surface area contributed by atoms with E-state index in [1.54, 1.807) is 0 Å². The molecule has 2 unspecified atom stereocenters. The molecule has 2 atom stereocenters. The molecule has 1 heterocycles. The first-order valence-electron chi connectivity index (χ1n) is 9.88. The number of carbonyl (C=O) groups excluding carboxylic acids is 1. The standard InChI is InChI=1S/C21H26N4O/c1-24-6-7-25(18-5-3-2-4-17(18)24)20(26)23-19-15-8-14-9-16(19)12-21(10-14,11-15)13-22/h2-5,14-16,19H,6-12H2,1H3,(H,23,26)/t14?,15?,16?,19-,21+. The molecule has 4 bridgehead atoms. The summed E-state index contributed by atoms with van der Waals surface area (Å²) in [4.78, 5) is 17.3. The van der Waals surface area contributed by atoms with Crippen LogP contribution in [0.1, 0.15) is 32.1 Å². The highest BCUT2D eigenvalue weighted by atomic mass is 16.2. The van der Waals surface area contributed by atoms with Gasteiger partial charge in [0.05, 0.1) is 22.9 Å². The van der Waals surface area contributed by atoms with Gasteiger partial charge in [0.15, 0.2) is 0 Å². The van der Waals surface area contributed by atoms with Gasteiger partial charge in [-0.15, -0.1) is 0 Å². The molecule has 0 spiro atoms. The quantitative estimate of drug-likeness (QED) is 0.845. The van der Waals surface area contributed by atoms with Crippen LogP contribution in [0.5, 0.6) is 0 Å². The van der Waals surface area contributed by atoms with Crippen molar-refractivity contribution in [2.75, 3.05) is 29.9 Å². The summed E-state index contributed by atoms with van der Waals surface area (Å²) in [6.45, 7) is 1.56. The zero-order chi connectivity index (χ0) is 17.9. The fourth-order valence-corrected chi connectivity index (χ4v) is 6.33. The van der Waals surface area contributed by atoms with Crippen molar-refractivity contribution in [3.8, 4) is 6.07 Å². The zero-order valence-corrected chi connectivity index (χ0v) is 15.3. The molecule has 6 rings (SSSR count). The highest BCUT2D eigenvalue weighted by Gasteiger charge is 2.56. The Morgan fingerprint density at radius 3 is 2.54 bits per heavy atom. The molecule has 4 fully saturated rings. The SMILES string of the molecule is CN1CCN(C(=O)N[C@H]2C3CC4CC2C[C@@](C#N)(C4)C3)c2ccccc21. The first kappa shape index (κ1) is 16.0. The maximum atomic E-state index is 13.1. The molecular formula is C21H26N4O. The number of nitriles is 1. The molecule has 136 valence electrons. The third kappa shape index (κ3) is 2.31. The number of amides is 2. The van der Waals surface area contributed by atoms with E-state index in [2.05, 4.69) is 29.4 Å². The number of likely N-dealkylation sites (N-methyl/N-ethyl adjacent to an activating group) is 1. The van der Waals surface area contributed by atoms with Crippen molar-refractivity contribution in [1.82, 2.24) is 5.32 Å². The molecule has 0 saturated heterocycles. The van der Waals surface area contributed by atoms with Crippen molar-refractivity contribution in [2.45, 2.75) is 38.1 Å². The van der Waals surface area contributed by atoms with Gasteiger partial charge in [0, 0.05) is 26.2 Å².